The highest BCUT2D eigenvalue weighted by atomic mass is 32.1. The van der Waals surface area contributed by atoms with Gasteiger partial charge < -0.3 is 4.98 Å². The van der Waals surface area contributed by atoms with Crippen LogP contribution in [-0.2, 0) is 11.8 Å². The molecule has 4 aromatic rings. The second kappa shape index (κ2) is 6.99. The van der Waals surface area contributed by atoms with Gasteiger partial charge in [-0.05, 0) is 35.1 Å². The monoisotopic (exact) mass is 389 g/mol. The molecule has 1 N–H and O–H groups in total. The minimum absolute atomic E-state index is 0.0977. The van der Waals surface area contributed by atoms with Crippen LogP contribution in [0.15, 0.2) is 53.6 Å². The largest absolute Gasteiger partial charge is 0.306 e. The number of hydrogen-bond acceptors (Lipinski definition) is 4. The minimum Gasteiger partial charge on any atom is -0.306 e. The van der Waals surface area contributed by atoms with Crippen LogP contribution >= 0.6 is 11.3 Å². The molecule has 0 aliphatic carbocycles. The third-order valence-corrected chi connectivity index (χ3v) is 6.16. The lowest BCUT2D eigenvalue weighted by molar-refractivity contribution is 0.590. The molecule has 3 heterocycles. The smallest absolute Gasteiger partial charge is 0.260 e. The average molecular weight is 390 g/mol. The molecule has 4 nitrogen and oxygen atoms in total. The van der Waals surface area contributed by atoms with E-state index in [9.17, 15) is 4.79 Å². The van der Waals surface area contributed by atoms with Crippen molar-refractivity contribution in [1.82, 2.24) is 15.0 Å². The summed E-state index contributed by atoms with van der Waals surface area (Å²) in [4.78, 5) is 26.8. The van der Waals surface area contributed by atoms with Crippen LogP contribution in [0.2, 0.25) is 0 Å². The molecule has 0 radical (unpaired) electrons. The Hall–Kier alpha value is -2.79. The van der Waals surface area contributed by atoms with E-state index in [1.54, 1.807) is 23.7 Å². The van der Waals surface area contributed by atoms with E-state index in [-0.39, 0.29) is 11.0 Å². The van der Waals surface area contributed by atoms with E-state index in [4.69, 9.17) is 4.98 Å². The zero-order valence-electron chi connectivity index (χ0n) is 16.5. The molecular weight excluding hydrogens is 366 g/mol. The van der Waals surface area contributed by atoms with Crippen LogP contribution < -0.4 is 5.56 Å². The van der Waals surface area contributed by atoms with Crippen LogP contribution in [0.3, 0.4) is 0 Å². The number of rotatable bonds is 3. The number of fused-ring (bicyclic) bond motifs is 1. The predicted molar refractivity (Wildman–Crippen MR) is 117 cm³/mol. The quantitative estimate of drug-likeness (QED) is 0.498. The Kier molecular flexibility index (Phi) is 4.63. The maximum atomic E-state index is 13.0. The molecule has 0 fully saturated rings. The van der Waals surface area contributed by atoms with Gasteiger partial charge in [0.25, 0.3) is 5.56 Å². The van der Waals surface area contributed by atoms with Crippen molar-refractivity contribution >= 4 is 21.6 Å². The van der Waals surface area contributed by atoms with Crippen LogP contribution in [0.4, 0.5) is 0 Å². The molecule has 142 valence electrons. The van der Waals surface area contributed by atoms with E-state index in [1.807, 2.05) is 12.1 Å². The van der Waals surface area contributed by atoms with Crippen molar-refractivity contribution in [3.05, 3.63) is 69.6 Å². The van der Waals surface area contributed by atoms with Crippen molar-refractivity contribution in [3.63, 3.8) is 0 Å². The van der Waals surface area contributed by atoms with Crippen LogP contribution in [0.5, 0.6) is 0 Å². The normalized spacial score (nSPS) is 11.9. The SMILES string of the molecule is CCc1sc2nc(-c3cccnc3)[nH]c(=O)c2c1-c1ccc(C(C)(C)C)cc1. The molecule has 28 heavy (non-hydrogen) atoms. The van der Waals surface area contributed by atoms with E-state index >= 15 is 0 Å². The van der Waals surface area contributed by atoms with Crippen LogP contribution in [0.25, 0.3) is 32.7 Å². The number of aromatic nitrogens is 3. The average Bonchev–Trinajstić information content (AvgIpc) is 3.07. The van der Waals surface area contributed by atoms with Gasteiger partial charge in [-0.3, -0.25) is 9.78 Å². The second-order valence-corrected chi connectivity index (χ2v) is 9.00. The molecule has 0 unspecified atom stereocenters. The molecule has 3 aromatic heterocycles. The fourth-order valence-corrected chi connectivity index (χ4v) is 4.52. The van der Waals surface area contributed by atoms with Crippen molar-refractivity contribution in [1.29, 1.82) is 0 Å². The van der Waals surface area contributed by atoms with Crippen LogP contribution in [0.1, 0.15) is 38.1 Å². The highest BCUT2D eigenvalue weighted by Crippen LogP contribution is 2.37. The summed E-state index contributed by atoms with van der Waals surface area (Å²) in [5.74, 6) is 0.559. The van der Waals surface area contributed by atoms with E-state index in [1.165, 1.54) is 10.4 Å². The molecule has 0 saturated heterocycles. The molecule has 0 amide bonds. The van der Waals surface area contributed by atoms with Gasteiger partial charge in [-0.1, -0.05) is 52.0 Å². The zero-order valence-corrected chi connectivity index (χ0v) is 17.4. The lowest BCUT2D eigenvalue weighted by Gasteiger charge is -2.19. The summed E-state index contributed by atoms with van der Waals surface area (Å²) >= 11 is 1.60. The van der Waals surface area contributed by atoms with Crippen LogP contribution in [-0.4, -0.2) is 15.0 Å². The molecule has 0 saturated carbocycles. The topological polar surface area (TPSA) is 58.6 Å². The third-order valence-electron chi connectivity index (χ3n) is 4.93. The number of aryl methyl sites for hydroxylation is 1. The summed E-state index contributed by atoms with van der Waals surface area (Å²) in [6.07, 6.45) is 4.28. The van der Waals surface area contributed by atoms with Gasteiger partial charge in [0.1, 0.15) is 10.7 Å². The van der Waals surface area contributed by atoms with Crippen molar-refractivity contribution in [3.8, 4) is 22.5 Å². The highest BCUT2D eigenvalue weighted by Gasteiger charge is 2.19. The van der Waals surface area contributed by atoms with Gasteiger partial charge in [0.15, 0.2) is 0 Å². The first kappa shape index (κ1) is 18.6. The van der Waals surface area contributed by atoms with E-state index in [0.29, 0.717) is 11.2 Å². The van der Waals surface area contributed by atoms with Gasteiger partial charge in [-0.2, -0.15) is 0 Å². The Morgan fingerprint density at radius 3 is 2.43 bits per heavy atom. The maximum absolute atomic E-state index is 13.0. The number of H-pyrrole nitrogens is 1. The number of benzene rings is 1. The molecule has 0 atom stereocenters. The van der Waals surface area contributed by atoms with E-state index < -0.39 is 0 Å². The Labute approximate surface area is 168 Å². The summed E-state index contributed by atoms with van der Waals surface area (Å²) in [6, 6.07) is 12.3. The molecule has 5 heteroatoms. The molecule has 0 spiro atoms. The number of aromatic amines is 1. The number of hydrogen-bond donors (Lipinski definition) is 1. The summed E-state index contributed by atoms with van der Waals surface area (Å²) in [6.45, 7) is 8.73. The lowest BCUT2D eigenvalue weighted by atomic mass is 9.86. The number of pyridine rings is 1. The molecule has 1 aromatic carbocycles. The first-order valence-corrected chi connectivity index (χ1v) is 10.3. The van der Waals surface area contributed by atoms with Crippen molar-refractivity contribution in [2.75, 3.05) is 0 Å². The van der Waals surface area contributed by atoms with Crippen molar-refractivity contribution in [2.24, 2.45) is 0 Å². The van der Waals surface area contributed by atoms with E-state index in [2.05, 4.69) is 61.9 Å². The zero-order chi connectivity index (χ0) is 19.9. The van der Waals surface area contributed by atoms with Crippen LogP contribution in [0, 0.1) is 0 Å². The Bertz CT molecular complexity index is 1180. The molecule has 0 bridgehead atoms. The summed E-state index contributed by atoms with van der Waals surface area (Å²) in [5.41, 5.74) is 4.16. The van der Waals surface area contributed by atoms with E-state index in [0.717, 1.165) is 27.9 Å². The van der Waals surface area contributed by atoms with Gasteiger partial charge in [0.05, 0.1) is 5.39 Å². The summed E-state index contributed by atoms with van der Waals surface area (Å²) in [7, 11) is 0. The van der Waals surface area contributed by atoms with Gasteiger partial charge in [0.2, 0.25) is 0 Å². The molecule has 0 aliphatic rings. The first-order valence-electron chi connectivity index (χ1n) is 9.45. The molecular formula is C23H23N3OS. The summed E-state index contributed by atoms with van der Waals surface area (Å²) < 4.78 is 0. The van der Waals surface area contributed by atoms with Gasteiger partial charge in [-0.15, -0.1) is 11.3 Å². The standard InChI is InChI=1S/C23H23N3OS/c1-5-17-18(14-8-10-16(11-9-14)23(2,3)4)19-21(27)25-20(26-22(19)28-17)15-7-6-12-24-13-15/h6-13H,5H2,1-4H3,(H,25,26,27). The molecule has 0 aliphatic heterocycles. The Morgan fingerprint density at radius 2 is 1.82 bits per heavy atom. The predicted octanol–water partition coefficient (Wildman–Crippen LogP) is 5.57. The van der Waals surface area contributed by atoms with Gasteiger partial charge >= 0.3 is 0 Å². The first-order chi connectivity index (χ1) is 13.4. The van der Waals surface area contributed by atoms with Gasteiger partial charge in [0, 0.05) is 28.4 Å². The number of nitrogens with one attached hydrogen (secondary N) is 1. The fraction of sp³-hybridized carbons (Fsp3) is 0.261. The highest BCUT2D eigenvalue weighted by molar-refractivity contribution is 7.19. The second-order valence-electron chi connectivity index (χ2n) is 7.92. The third kappa shape index (κ3) is 3.27. The Balaban J connectivity index is 1.91. The van der Waals surface area contributed by atoms with Crippen molar-refractivity contribution < 1.29 is 0 Å². The fourth-order valence-electron chi connectivity index (χ4n) is 3.38. The Morgan fingerprint density at radius 1 is 1.07 bits per heavy atom. The maximum Gasteiger partial charge on any atom is 0.260 e. The number of thiophene rings is 1. The number of nitrogens with zero attached hydrogens (tertiary/aromatic N) is 2. The minimum atomic E-state index is -0.102. The molecule has 4 rings (SSSR count). The lowest BCUT2D eigenvalue weighted by Crippen LogP contribution is -2.11. The van der Waals surface area contributed by atoms with Crippen molar-refractivity contribution in [2.45, 2.75) is 39.5 Å². The van der Waals surface area contributed by atoms with Gasteiger partial charge in [-0.25, -0.2) is 4.98 Å². The summed E-state index contributed by atoms with van der Waals surface area (Å²) in [5, 5.41) is 0.679.